The van der Waals surface area contributed by atoms with Crippen LogP contribution < -0.4 is 4.90 Å². The third-order valence-corrected chi connectivity index (χ3v) is 5.63. The SMILES string of the molecule is CC(CN(C)C)OC(=O)c1cccc2c1C(=O)N(c1c(C(C)C)cccc1C(C)C)C2=O. The predicted molar refractivity (Wildman–Crippen MR) is 126 cm³/mol. The van der Waals surface area contributed by atoms with Crippen molar-refractivity contribution in [3.63, 3.8) is 0 Å². The number of ether oxygens (including phenoxy) is 1. The van der Waals surface area contributed by atoms with E-state index >= 15 is 0 Å². The van der Waals surface area contributed by atoms with E-state index in [-0.39, 0.29) is 34.6 Å². The van der Waals surface area contributed by atoms with Gasteiger partial charge in [-0.3, -0.25) is 9.59 Å². The van der Waals surface area contributed by atoms with Crippen molar-refractivity contribution in [2.75, 3.05) is 25.5 Å². The summed E-state index contributed by atoms with van der Waals surface area (Å²) in [5.41, 5.74) is 2.96. The molecule has 0 N–H and O–H groups in total. The first-order chi connectivity index (χ1) is 15.0. The second kappa shape index (κ2) is 9.25. The summed E-state index contributed by atoms with van der Waals surface area (Å²) in [4.78, 5) is 43.2. The van der Waals surface area contributed by atoms with Gasteiger partial charge in [-0.2, -0.15) is 0 Å². The normalized spacial score (nSPS) is 14.5. The standard InChI is InChI=1S/C26H32N2O4/c1-15(2)18-10-8-11-19(16(3)4)23(18)28-24(29)20-12-9-13-21(22(20)25(28)30)26(31)32-17(5)14-27(6)7/h8-13,15-17H,14H2,1-7H3. The van der Waals surface area contributed by atoms with Gasteiger partial charge >= 0.3 is 5.97 Å². The van der Waals surface area contributed by atoms with Crippen molar-refractivity contribution in [1.29, 1.82) is 0 Å². The fraction of sp³-hybridized carbons (Fsp3) is 0.423. The molecule has 0 bridgehead atoms. The van der Waals surface area contributed by atoms with Crippen LogP contribution >= 0.6 is 0 Å². The number of esters is 1. The summed E-state index contributed by atoms with van der Waals surface area (Å²) in [6, 6.07) is 10.6. The highest BCUT2D eigenvalue weighted by atomic mass is 16.5. The van der Waals surface area contributed by atoms with E-state index in [4.69, 9.17) is 4.74 Å². The molecule has 2 amide bonds. The van der Waals surface area contributed by atoms with E-state index in [1.807, 2.05) is 64.9 Å². The molecule has 1 unspecified atom stereocenters. The number of nitrogens with zero attached hydrogens (tertiary/aromatic N) is 2. The molecule has 0 saturated carbocycles. The van der Waals surface area contributed by atoms with E-state index in [0.29, 0.717) is 12.2 Å². The van der Waals surface area contributed by atoms with Crippen molar-refractivity contribution in [2.45, 2.75) is 52.6 Å². The molecule has 0 spiro atoms. The number of likely N-dealkylation sites (N-methyl/N-ethyl adjacent to an activating group) is 1. The molecule has 2 aromatic carbocycles. The summed E-state index contributed by atoms with van der Waals surface area (Å²) >= 11 is 0. The lowest BCUT2D eigenvalue weighted by Crippen LogP contribution is -2.32. The number of amides is 2. The van der Waals surface area contributed by atoms with E-state index in [9.17, 15) is 14.4 Å². The quantitative estimate of drug-likeness (QED) is 0.459. The summed E-state index contributed by atoms with van der Waals surface area (Å²) in [7, 11) is 3.78. The fourth-order valence-electron chi connectivity index (χ4n) is 4.23. The number of carbonyl (C=O) groups excluding carboxylic acids is 3. The number of hydrogen-bond acceptors (Lipinski definition) is 5. The average molecular weight is 437 g/mol. The zero-order chi connectivity index (χ0) is 23.7. The van der Waals surface area contributed by atoms with Gasteiger partial charge in [0.25, 0.3) is 11.8 Å². The lowest BCUT2D eigenvalue weighted by molar-refractivity contribution is 0.0287. The Kier molecular flexibility index (Phi) is 6.84. The van der Waals surface area contributed by atoms with Gasteiger partial charge in [0.15, 0.2) is 0 Å². The van der Waals surface area contributed by atoms with Crippen molar-refractivity contribution in [3.8, 4) is 0 Å². The first-order valence-electron chi connectivity index (χ1n) is 11.0. The molecule has 1 heterocycles. The topological polar surface area (TPSA) is 66.9 Å². The third-order valence-electron chi connectivity index (χ3n) is 5.63. The number of anilines is 1. The maximum absolute atomic E-state index is 13.6. The Morgan fingerprint density at radius 2 is 1.47 bits per heavy atom. The van der Waals surface area contributed by atoms with E-state index in [1.165, 1.54) is 4.90 Å². The Labute approximate surface area is 190 Å². The minimum atomic E-state index is -0.597. The molecule has 1 aliphatic rings. The van der Waals surface area contributed by atoms with Gasteiger partial charge in [0.05, 0.1) is 22.4 Å². The Morgan fingerprint density at radius 3 is 2.00 bits per heavy atom. The molecule has 0 radical (unpaired) electrons. The maximum atomic E-state index is 13.6. The van der Waals surface area contributed by atoms with Crippen molar-refractivity contribution in [3.05, 3.63) is 64.2 Å². The Balaban J connectivity index is 2.09. The lowest BCUT2D eigenvalue weighted by atomic mass is 9.92. The molecule has 1 atom stereocenters. The van der Waals surface area contributed by atoms with Crippen LogP contribution in [0.2, 0.25) is 0 Å². The molecule has 2 aromatic rings. The second-order valence-electron chi connectivity index (χ2n) is 9.25. The van der Waals surface area contributed by atoms with Gasteiger partial charge in [-0.25, -0.2) is 9.69 Å². The number of para-hydroxylation sites is 1. The van der Waals surface area contributed by atoms with Gasteiger partial charge in [-0.15, -0.1) is 0 Å². The van der Waals surface area contributed by atoms with Gasteiger partial charge in [0.2, 0.25) is 0 Å². The number of imide groups is 1. The van der Waals surface area contributed by atoms with Crippen molar-refractivity contribution in [1.82, 2.24) is 4.90 Å². The minimum absolute atomic E-state index is 0.115. The molecular weight excluding hydrogens is 404 g/mol. The number of rotatable bonds is 7. The predicted octanol–water partition coefficient (Wildman–Crippen LogP) is 4.84. The van der Waals surface area contributed by atoms with Crippen LogP contribution in [0.15, 0.2) is 36.4 Å². The molecule has 0 aliphatic carbocycles. The number of hydrogen-bond donors (Lipinski definition) is 0. The van der Waals surface area contributed by atoms with Crippen LogP contribution in [0.1, 0.15) is 88.7 Å². The first-order valence-corrected chi connectivity index (χ1v) is 11.0. The highest BCUT2D eigenvalue weighted by Crippen LogP contribution is 2.40. The number of benzene rings is 2. The number of carbonyl (C=O) groups is 3. The van der Waals surface area contributed by atoms with Crippen LogP contribution in [0.5, 0.6) is 0 Å². The summed E-state index contributed by atoms with van der Waals surface area (Å²) in [6.45, 7) is 10.5. The molecule has 6 heteroatoms. The van der Waals surface area contributed by atoms with Gasteiger partial charge < -0.3 is 9.64 Å². The van der Waals surface area contributed by atoms with E-state index in [2.05, 4.69) is 0 Å². The molecule has 0 fully saturated rings. The largest absolute Gasteiger partial charge is 0.458 e. The van der Waals surface area contributed by atoms with E-state index in [0.717, 1.165) is 11.1 Å². The zero-order valence-corrected chi connectivity index (χ0v) is 19.9. The minimum Gasteiger partial charge on any atom is -0.458 e. The van der Waals surface area contributed by atoms with Crippen molar-refractivity contribution >= 4 is 23.5 Å². The Bertz CT molecular complexity index is 1030. The smallest absolute Gasteiger partial charge is 0.339 e. The first kappa shape index (κ1) is 23.7. The van der Waals surface area contributed by atoms with Gasteiger partial charge in [-0.1, -0.05) is 52.0 Å². The Morgan fingerprint density at radius 1 is 0.906 bits per heavy atom. The summed E-state index contributed by atoms with van der Waals surface area (Å²) in [5.74, 6) is -1.25. The lowest BCUT2D eigenvalue weighted by Gasteiger charge is -2.25. The van der Waals surface area contributed by atoms with E-state index in [1.54, 1.807) is 25.1 Å². The molecule has 170 valence electrons. The summed E-state index contributed by atoms with van der Waals surface area (Å²) in [5, 5.41) is 0. The molecule has 0 aromatic heterocycles. The van der Waals surface area contributed by atoms with E-state index < -0.39 is 17.8 Å². The van der Waals surface area contributed by atoms with Crippen LogP contribution in [0.3, 0.4) is 0 Å². The van der Waals surface area contributed by atoms with Crippen LogP contribution in [0, 0.1) is 0 Å². The molecule has 32 heavy (non-hydrogen) atoms. The fourth-order valence-corrected chi connectivity index (χ4v) is 4.23. The van der Waals surface area contributed by atoms with Crippen LogP contribution in [-0.4, -0.2) is 49.4 Å². The third kappa shape index (κ3) is 4.32. The highest BCUT2D eigenvalue weighted by Gasteiger charge is 2.42. The van der Waals surface area contributed by atoms with Crippen LogP contribution in [0.25, 0.3) is 0 Å². The van der Waals surface area contributed by atoms with Crippen molar-refractivity contribution < 1.29 is 19.1 Å². The van der Waals surface area contributed by atoms with Crippen molar-refractivity contribution in [2.24, 2.45) is 0 Å². The molecule has 3 rings (SSSR count). The monoisotopic (exact) mass is 436 g/mol. The van der Waals surface area contributed by atoms with Crippen LogP contribution in [0.4, 0.5) is 5.69 Å². The average Bonchev–Trinajstić information content (AvgIpc) is 2.96. The molecular formula is C26H32N2O4. The number of fused-ring (bicyclic) bond motifs is 1. The maximum Gasteiger partial charge on any atom is 0.339 e. The van der Waals surface area contributed by atoms with Gasteiger partial charge in [0, 0.05) is 6.54 Å². The zero-order valence-electron chi connectivity index (χ0n) is 19.9. The van der Waals surface area contributed by atoms with Gasteiger partial charge in [-0.05, 0) is 56.1 Å². The second-order valence-corrected chi connectivity index (χ2v) is 9.25. The highest BCUT2D eigenvalue weighted by molar-refractivity contribution is 6.36. The Hall–Kier alpha value is -2.99. The molecule has 0 saturated heterocycles. The summed E-state index contributed by atoms with van der Waals surface area (Å²) < 4.78 is 5.56. The molecule has 6 nitrogen and oxygen atoms in total. The van der Waals surface area contributed by atoms with Gasteiger partial charge in [0.1, 0.15) is 6.10 Å². The van der Waals surface area contributed by atoms with Crippen LogP contribution in [-0.2, 0) is 4.74 Å². The summed E-state index contributed by atoms with van der Waals surface area (Å²) in [6.07, 6.45) is -0.356. The molecule has 1 aliphatic heterocycles.